The van der Waals surface area contributed by atoms with Crippen LogP contribution in [-0.2, 0) is 17.1 Å². The number of carboxylic acid groups (broad SMARTS) is 1. The lowest BCUT2D eigenvalue weighted by atomic mass is 10.0. The highest BCUT2D eigenvalue weighted by Gasteiger charge is 2.37. The molecule has 0 bridgehead atoms. The lowest BCUT2D eigenvalue weighted by Crippen LogP contribution is -2.11. The predicted molar refractivity (Wildman–Crippen MR) is 75.4 cm³/mol. The minimum Gasteiger partial charge on any atom is -0.477 e. The molecule has 0 spiro atoms. The van der Waals surface area contributed by atoms with Crippen LogP contribution in [0.1, 0.15) is 16.9 Å². The number of rotatable bonds is 3. The molecule has 0 aliphatic heterocycles. The first kappa shape index (κ1) is 19.1. The van der Waals surface area contributed by atoms with Crippen molar-refractivity contribution < 1.29 is 40.7 Å². The number of carboxylic acids is 1. The molecule has 0 amide bonds. The van der Waals surface area contributed by atoms with Crippen LogP contribution in [0.2, 0.25) is 0 Å². The van der Waals surface area contributed by atoms with Crippen molar-refractivity contribution in [1.29, 1.82) is 5.26 Å². The van der Waals surface area contributed by atoms with Crippen LogP contribution in [-0.4, -0.2) is 11.1 Å². The third-order valence-electron chi connectivity index (χ3n) is 3.14. The van der Waals surface area contributed by atoms with Gasteiger partial charge >= 0.3 is 18.3 Å². The molecular formula is C16H7F6NO3. The lowest BCUT2D eigenvalue weighted by molar-refractivity contribution is -0.143. The number of alkyl halides is 6. The molecule has 136 valence electrons. The van der Waals surface area contributed by atoms with E-state index in [0.717, 1.165) is 18.2 Å². The first-order chi connectivity index (χ1) is 11.9. The molecule has 1 heterocycles. The van der Waals surface area contributed by atoms with E-state index in [1.807, 2.05) is 0 Å². The monoisotopic (exact) mass is 375 g/mol. The first-order valence-corrected chi connectivity index (χ1v) is 6.66. The van der Waals surface area contributed by atoms with Crippen molar-refractivity contribution in [3.63, 3.8) is 0 Å². The van der Waals surface area contributed by atoms with Crippen molar-refractivity contribution in [3.05, 3.63) is 52.8 Å². The van der Waals surface area contributed by atoms with Gasteiger partial charge in [0.1, 0.15) is 23.2 Å². The maximum absolute atomic E-state index is 12.9. The molecule has 0 aliphatic rings. The van der Waals surface area contributed by atoms with E-state index >= 15 is 0 Å². The standard InChI is InChI=1S/C16H7F6NO3/c17-15(18,19)10-3-8(4-11(6-10)16(20,21)22)13-2-1-12(26-13)5-9(7-23)14(24)25/h1-6H,(H,24,25)/b9-5-. The van der Waals surface area contributed by atoms with E-state index in [9.17, 15) is 31.1 Å². The molecule has 0 unspecified atom stereocenters. The number of carbonyl (C=O) groups is 1. The van der Waals surface area contributed by atoms with Gasteiger partial charge in [-0.1, -0.05) is 0 Å². The van der Waals surface area contributed by atoms with Crippen LogP contribution >= 0.6 is 0 Å². The van der Waals surface area contributed by atoms with Gasteiger partial charge in [-0.25, -0.2) is 4.79 Å². The summed E-state index contributed by atoms with van der Waals surface area (Å²) in [5, 5.41) is 17.4. The van der Waals surface area contributed by atoms with Gasteiger partial charge in [0, 0.05) is 11.6 Å². The second-order valence-corrected chi connectivity index (χ2v) is 4.97. The number of hydrogen-bond acceptors (Lipinski definition) is 3. The van der Waals surface area contributed by atoms with Gasteiger partial charge in [0.25, 0.3) is 0 Å². The summed E-state index contributed by atoms with van der Waals surface area (Å²) in [7, 11) is 0. The van der Waals surface area contributed by atoms with E-state index in [2.05, 4.69) is 0 Å². The Hall–Kier alpha value is -3.22. The minimum atomic E-state index is -5.01. The topological polar surface area (TPSA) is 74.2 Å². The van der Waals surface area contributed by atoms with Gasteiger partial charge in [-0.2, -0.15) is 31.6 Å². The van der Waals surface area contributed by atoms with Crippen molar-refractivity contribution >= 4 is 12.0 Å². The van der Waals surface area contributed by atoms with Crippen molar-refractivity contribution in [2.75, 3.05) is 0 Å². The van der Waals surface area contributed by atoms with Crippen molar-refractivity contribution in [1.82, 2.24) is 0 Å². The summed E-state index contributed by atoms with van der Waals surface area (Å²) >= 11 is 0. The maximum Gasteiger partial charge on any atom is 0.416 e. The zero-order chi connectivity index (χ0) is 19.7. The summed E-state index contributed by atoms with van der Waals surface area (Å²) in [6.07, 6.45) is -9.23. The maximum atomic E-state index is 12.9. The highest BCUT2D eigenvalue weighted by atomic mass is 19.4. The molecule has 1 aromatic heterocycles. The highest BCUT2D eigenvalue weighted by Crippen LogP contribution is 2.39. The summed E-state index contributed by atoms with van der Waals surface area (Å²) in [6.45, 7) is 0. The summed E-state index contributed by atoms with van der Waals surface area (Å²) in [6, 6.07) is 4.47. The number of halogens is 6. The van der Waals surface area contributed by atoms with Gasteiger partial charge in [0.05, 0.1) is 11.1 Å². The molecule has 1 aromatic carbocycles. The molecule has 0 saturated carbocycles. The highest BCUT2D eigenvalue weighted by molar-refractivity contribution is 5.96. The molecule has 0 fully saturated rings. The summed E-state index contributed by atoms with van der Waals surface area (Å²) in [5.41, 5.74) is -4.25. The number of benzene rings is 1. The Kier molecular flexibility index (Phi) is 4.84. The zero-order valence-electron chi connectivity index (χ0n) is 12.4. The van der Waals surface area contributed by atoms with E-state index in [-0.39, 0.29) is 17.6 Å². The average molecular weight is 375 g/mol. The van der Waals surface area contributed by atoms with Crippen LogP contribution in [0.15, 0.2) is 40.3 Å². The van der Waals surface area contributed by atoms with Gasteiger partial charge in [-0.15, -0.1) is 0 Å². The van der Waals surface area contributed by atoms with Gasteiger partial charge in [-0.05, 0) is 30.3 Å². The number of nitrogens with zero attached hydrogens (tertiary/aromatic N) is 1. The van der Waals surface area contributed by atoms with Crippen LogP contribution in [0.3, 0.4) is 0 Å². The molecule has 2 rings (SSSR count). The number of furan rings is 1. The van der Waals surface area contributed by atoms with Gasteiger partial charge < -0.3 is 9.52 Å². The van der Waals surface area contributed by atoms with Crippen LogP contribution in [0, 0.1) is 11.3 Å². The quantitative estimate of drug-likeness (QED) is 0.467. The largest absolute Gasteiger partial charge is 0.477 e. The summed E-state index contributed by atoms with van der Waals surface area (Å²) in [5.74, 6) is -2.13. The van der Waals surface area contributed by atoms with Gasteiger partial charge in [0.15, 0.2) is 0 Å². The van der Waals surface area contributed by atoms with Crippen molar-refractivity contribution in [2.45, 2.75) is 12.4 Å². The third kappa shape index (κ3) is 4.24. The Morgan fingerprint density at radius 1 is 1.04 bits per heavy atom. The van der Waals surface area contributed by atoms with Crippen LogP contribution < -0.4 is 0 Å². The van der Waals surface area contributed by atoms with E-state index in [1.165, 1.54) is 6.07 Å². The Bertz CT molecular complexity index is 883. The van der Waals surface area contributed by atoms with Crippen LogP contribution in [0.25, 0.3) is 17.4 Å². The molecule has 10 heteroatoms. The Morgan fingerprint density at radius 2 is 1.58 bits per heavy atom. The second kappa shape index (κ2) is 6.59. The Balaban J connectivity index is 2.56. The molecule has 0 radical (unpaired) electrons. The third-order valence-corrected chi connectivity index (χ3v) is 3.14. The van der Waals surface area contributed by atoms with Crippen molar-refractivity contribution in [2.24, 2.45) is 0 Å². The zero-order valence-corrected chi connectivity index (χ0v) is 12.4. The fraction of sp³-hybridized carbons (Fsp3) is 0.125. The van der Waals surface area contributed by atoms with E-state index in [1.54, 1.807) is 0 Å². The van der Waals surface area contributed by atoms with Crippen LogP contribution in [0.5, 0.6) is 0 Å². The Morgan fingerprint density at radius 3 is 2.00 bits per heavy atom. The number of aliphatic carboxylic acids is 1. The smallest absolute Gasteiger partial charge is 0.416 e. The fourth-order valence-electron chi connectivity index (χ4n) is 1.97. The average Bonchev–Trinajstić information content (AvgIpc) is 2.98. The minimum absolute atomic E-state index is 0.0224. The van der Waals surface area contributed by atoms with E-state index in [4.69, 9.17) is 14.8 Å². The molecule has 0 atom stereocenters. The lowest BCUT2D eigenvalue weighted by Gasteiger charge is -2.13. The predicted octanol–water partition coefficient (Wildman–Crippen LogP) is 4.98. The SMILES string of the molecule is N#C/C(=C/c1ccc(-c2cc(C(F)(F)F)cc(C(F)(F)F)c2)o1)C(=O)O. The van der Waals surface area contributed by atoms with E-state index in [0.29, 0.717) is 12.1 Å². The Labute approximate surface area is 141 Å². The fourth-order valence-corrected chi connectivity index (χ4v) is 1.97. The first-order valence-electron chi connectivity index (χ1n) is 6.66. The van der Waals surface area contributed by atoms with Gasteiger partial charge in [-0.3, -0.25) is 0 Å². The molecule has 2 aromatic rings. The molecule has 4 nitrogen and oxygen atoms in total. The molecule has 26 heavy (non-hydrogen) atoms. The normalized spacial score (nSPS) is 12.7. The number of hydrogen-bond donors (Lipinski definition) is 1. The second-order valence-electron chi connectivity index (χ2n) is 4.97. The molecule has 0 aliphatic carbocycles. The molecular weight excluding hydrogens is 368 g/mol. The summed E-state index contributed by atoms with van der Waals surface area (Å²) < 4.78 is 82.2. The number of nitriles is 1. The van der Waals surface area contributed by atoms with Crippen molar-refractivity contribution in [3.8, 4) is 17.4 Å². The molecule has 0 saturated heterocycles. The summed E-state index contributed by atoms with van der Waals surface area (Å²) in [4.78, 5) is 10.7. The van der Waals surface area contributed by atoms with E-state index < -0.39 is 40.6 Å². The molecule has 1 N–H and O–H groups in total. The van der Waals surface area contributed by atoms with Crippen LogP contribution in [0.4, 0.5) is 26.3 Å². The van der Waals surface area contributed by atoms with Gasteiger partial charge in [0.2, 0.25) is 0 Å².